The molecule has 0 radical (unpaired) electrons. The highest BCUT2D eigenvalue weighted by Gasteiger charge is 3.01. The zero-order valence-electron chi connectivity index (χ0n) is 20.1. The average molecular weight is 797 g/mol. The van der Waals surface area contributed by atoms with E-state index in [1.54, 1.807) is 0 Å². The largest absolute Gasteiger partial charge is 0.460 e. The summed E-state index contributed by atoms with van der Waals surface area (Å²) in [5, 5.41) is 0. The Hall–Kier alpha value is -1.49. The minimum atomic E-state index is -10.1. The van der Waals surface area contributed by atoms with Crippen LogP contribution in [0.4, 0.5) is 123 Å². The Morgan fingerprint density at radius 2 is 0.522 bits per heavy atom. The third kappa shape index (κ3) is 5.13. The van der Waals surface area contributed by atoms with E-state index >= 15 is 0 Å². The molecule has 0 amide bonds. The topological polar surface area (TPSA) is 9.23 Å². The highest BCUT2D eigenvalue weighted by Crippen LogP contribution is 2.68. The fraction of sp³-hybridized carbons (Fsp3) is 1.00. The lowest BCUT2D eigenvalue weighted by molar-refractivity contribution is -0.450. The first-order valence-electron chi connectivity index (χ1n) is 9.93. The van der Waals surface area contributed by atoms with Gasteiger partial charge in [-0.1, -0.05) is 0 Å². The Morgan fingerprint density at radius 1 is 0.348 bits per heavy atom. The SMILES string of the molecule is CCO[Si](Cl)(C(F)(F)C(F)(F)C(F)(F)C(F)(F)C(F)(F)C(F)(F)F)C(F)(F)C(F)(F)C(F)(F)C(F)(F)C(F)(F)C(F)(F)C(F)(F)F. The second kappa shape index (κ2) is 11.0. The predicted octanol–water partition coefficient (Wildman–Crippen LogP) is 9.90. The molecule has 0 aliphatic heterocycles. The standard InChI is InChI=1S/C15H5ClF28OSi/c1-2-45-46(16,15(43,44)11(33,34)7(25,26)5(21,22)9(29,30)13(38,39)40)14(41,42)10(31,32)6(23,24)3(17,18)4(19,20)8(27,28)12(35,36)37/h2H2,1H3. The molecule has 0 rings (SSSR count). The molecule has 0 bridgehead atoms. The van der Waals surface area contributed by atoms with Gasteiger partial charge >= 0.3 is 84.4 Å². The lowest BCUT2D eigenvalue weighted by Gasteiger charge is -2.48. The molecule has 1 unspecified atom stereocenters. The Morgan fingerprint density at radius 3 is 0.696 bits per heavy atom. The van der Waals surface area contributed by atoms with Gasteiger partial charge < -0.3 is 4.43 Å². The van der Waals surface area contributed by atoms with Crippen molar-refractivity contribution >= 4 is 18.7 Å². The van der Waals surface area contributed by atoms with Gasteiger partial charge in [-0.3, -0.25) is 0 Å². The van der Waals surface area contributed by atoms with Gasteiger partial charge in [0, 0.05) is 6.61 Å². The van der Waals surface area contributed by atoms with Crippen molar-refractivity contribution in [2.75, 3.05) is 6.61 Å². The summed E-state index contributed by atoms with van der Waals surface area (Å²) >= 11 is 3.96. The summed E-state index contributed by atoms with van der Waals surface area (Å²) in [5.41, 5.74) is -17.8. The maximum absolute atomic E-state index is 14.5. The third-order valence-corrected chi connectivity index (χ3v) is 10.1. The molecule has 0 aromatic heterocycles. The first-order chi connectivity index (χ1) is 19.3. The summed E-state index contributed by atoms with van der Waals surface area (Å²) in [6.45, 7) is -2.90. The van der Waals surface area contributed by atoms with Crippen LogP contribution in [0.15, 0.2) is 0 Å². The van der Waals surface area contributed by atoms with Gasteiger partial charge in [0.15, 0.2) is 0 Å². The Labute approximate surface area is 237 Å². The van der Waals surface area contributed by atoms with E-state index in [1.807, 2.05) is 0 Å². The van der Waals surface area contributed by atoms with Crippen molar-refractivity contribution < 1.29 is 127 Å². The molecule has 46 heavy (non-hydrogen) atoms. The molecule has 0 aromatic carbocycles. The third-order valence-electron chi connectivity index (χ3n) is 5.41. The van der Waals surface area contributed by atoms with Crippen LogP contribution in [0.5, 0.6) is 0 Å². The minimum Gasteiger partial charge on any atom is -0.396 e. The summed E-state index contributed by atoms with van der Waals surface area (Å²) in [6, 6.07) is 0. The fourth-order valence-electron chi connectivity index (χ4n) is 2.72. The van der Waals surface area contributed by atoms with Gasteiger partial charge in [-0.2, -0.15) is 123 Å². The first kappa shape index (κ1) is 44.5. The van der Waals surface area contributed by atoms with E-state index in [1.165, 1.54) is 0 Å². The molecular formula is C15H5ClF28OSi. The van der Waals surface area contributed by atoms with Crippen LogP contribution in [-0.4, -0.2) is 91.0 Å². The van der Waals surface area contributed by atoms with Crippen LogP contribution in [0.2, 0.25) is 0 Å². The summed E-state index contributed by atoms with van der Waals surface area (Å²) in [4.78, 5) is 0. The van der Waals surface area contributed by atoms with Crippen LogP contribution in [0.1, 0.15) is 6.92 Å². The summed E-state index contributed by atoms with van der Waals surface area (Å²) in [7, 11) is -10.1. The van der Waals surface area contributed by atoms with Gasteiger partial charge in [-0.15, -0.1) is 11.1 Å². The van der Waals surface area contributed by atoms with Crippen molar-refractivity contribution in [3.8, 4) is 0 Å². The molecule has 1 nitrogen and oxygen atoms in total. The van der Waals surface area contributed by atoms with Crippen molar-refractivity contribution in [2.45, 2.75) is 83.7 Å². The molecule has 278 valence electrons. The van der Waals surface area contributed by atoms with E-state index in [0.29, 0.717) is 0 Å². The lowest BCUT2D eigenvalue weighted by atomic mass is 9.94. The molecule has 0 heterocycles. The maximum Gasteiger partial charge on any atom is 0.460 e. The minimum absolute atomic E-state index is 0.290. The molecule has 0 fully saturated rings. The number of rotatable bonds is 13. The number of hydrogen-bond donors (Lipinski definition) is 0. The zero-order chi connectivity index (χ0) is 38.4. The van der Waals surface area contributed by atoms with Gasteiger partial charge in [0.05, 0.1) is 0 Å². The molecule has 0 saturated heterocycles. The Balaban J connectivity index is 7.83. The highest BCUT2D eigenvalue weighted by molar-refractivity contribution is 7.19. The lowest BCUT2D eigenvalue weighted by Crippen LogP contribution is -2.82. The smallest absolute Gasteiger partial charge is 0.396 e. The second-order valence-electron chi connectivity index (χ2n) is 8.34. The fourth-order valence-corrected chi connectivity index (χ4v) is 6.03. The Bertz CT molecular complexity index is 1100. The van der Waals surface area contributed by atoms with Crippen LogP contribution in [-0.2, 0) is 4.43 Å². The molecule has 31 heteroatoms. The van der Waals surface area contributed by atoms with Crippen molar-refractivity contribution in [3.05, 3.63) is 0 Å². The zero-order valence-corrected chi connectivity index (χ0v) is 21.8. The van der Waals surface area contributed by atoms with Crippen LogP contribution in [0, 0.1) is 0 Å². The van der Waals surface area contributed by atoms with Gasteiger partial charge in [-0.25, -0.2) is 0 Å². The molecule has 0 aromatic rings. The molecule has 0 spiro atoms. The van der Waals surface area contributed by atoms with Crippen LogP contribution in [0.25, 0.3) is 0 Å². The van der Waals surface area contributed by atoms with Crippen LogP contribution < -0.4 is 0 Å². The second-order valence-corrected chi connectivity index (χ2v) is 12.7. The van der Waals surface area contributed by atoms with E-state index in [9.17, 15) is 123 Å². The normalized spacial score (nSPS) is 18.1. The van der Waals surface area contributed by atoms with E-state index in [2.05, 4.69) is 15.5 Å². The van der Waals surface area contributed by atoms with Crippen molar-refractivity contribution in [3.63, 3.8) is 0 Å². The van der Waals surface area contributed by atoms with Gasteiger partial charge in [0.2, 0.25) is 0 Å². The van der Waals surface area contributed by atoms with Crippen molar-refractivity contribution in [1.82, 2.24) is 0 Å². The van der Waals surface area contributed by atoms with Crippen LogP contribution in [0.3, 0.4) is 0 Å². The van der Waals surface area contributed by atoms with E-state index in [4.69, 9.17) is 0 Å². The summed E-state index contributed by atoms with van der Waals surface area (Å²) in [5.74, 6) is -82.0. The number of halogens is 29. The summed E-state index contributed by atoms with van der Waals surface area (Å²) in [6.07, 6.45) is -16.4. The molecular weight excluding hydrogens is 792 g/mol. The van der Waals surface area contributed by atoms with Crippen molar-refractivity contribution in [1.29, 1.82) is 0 Å². The molecule has 0 aliphatic carbocycles. The average Bonchev–Trinajstić information content (AvgIpc) is 2.81. The number of hydrogen-bond acceptors (Lipinski definition) is 1. The molecule has 0 aliphatic rings. The van der Waals surface area contributed by atoms with Gasteiger partial charge in [0.25, 0.3) is 0 Å². The van der Waals surface area contributed by atoms with E-state index < -0.39 is 91.0 Å². The molecule has 0 N–H and O–H groups in total. The molecule has 0 saturated carbocycles. The summed E-state index contributed by atoms with van der Waals surface area (Å²) < 4.78 is 377. The monoisotopic (exact) mass is 796 g/mol. The quantitative estimate of drug-likeness (QED) is 0.103. The van der Waals surface area contributed by atoms with Crippen molar-refractivity contribution in [2.24, 2.45) is 0 Å². The first-order valence-corrected chi connectivity index (χ1v) is 12.9. The predicted molar refractivity (Wildman–Crippen MR) is 89.8 cm³/mol. The highest BCUT2D eigenvalue weighted by atomic mass is 35.6. The van der Waals surface area contributed by atoms with E-state index in [-0.39, 0.29) is 6.92 Å². The maximum atomic E-state index is 14.5. The Kier molecular flexibility index (Phi) is 10.7. The number of alkyl halides is 28. The molecule has 1 atom stereocenters. The van der Waals surface area contributed by atoms with Crippen LogP contribution >= 0.6 is 11.1 Å². The van der Waals surface area contributed by atoms with Gasteiger partial charge in [0.1, 0.15) is 0 Å². The van der Waals surface area contributed by atoms with Gasteiger partial charge in [-0.05, 0) is 6.92 Å². The van der Waals surface area contributed by atoms with E-state index in [0.717, 1.165) is 0 Å².